The van der Waals surface area contributed by atoms with Gasteiger partial charge in [0.05, 0.1) is 29.4 Å². The van der Waals surface area contributed by atoms with Crippen LogP contribution in [-0.2, 0) is 24.2 Å². The van der Waals surface area contributed by atoms with Gasteiger partial charge < -0.3 is 14.2 Å². The summed E-state index contributed by atoms with van der Waals surface area (Å²) in [6.07, 6.45) is 0. The van der Waals surface area contributed by atoms with E-state index in [1.165, 1.54) is 22.5 Å². The van der Waals surface area contributed by atoms with Crippen LogP contribution in [0.5, 0.6) is 0 Å². The number of benzene rings is 2. The first-order valence-corrected chi connectivity index (χ1v) is 11.0. The number of nitrogens with zero attached hydrogens (tertiary/aromatic N) is 1. The van der Waals surface area contributed by atoms with E-state index in [9.17, 15) is 18.0 Å². The van der Waals surface area contributed by atoms with Crippen molar-refractivity contribution in [2.24, 2.45) is 0 Å². The molecule has 30 heavy (non-hydrogen) atoms. The standard InChI is InChI=1S/C20H20ClNO7S/c21-17-7-6-16(14-18(17)30(25,26)22-8-10-27-11-9-22)20(24)29-13-12-28-19(23)15-4-2-1-3-5-15/h1-7,14H,8-13H2. The van der Waals surface area contributed by atoms with Crippen LogP contribution in [0.3, 0.4) is 0 Å². The van der Waals surface area contributed by atoms with E-state index >= 15 is 0 Å². The molecule has 0 N–H and O–H groups in total. The van der Waals surface area contributed by atoms with Crippen molar-refractivity contribution in [3.63, 3.8) is 0 Å². The topological polar surface area (TPSA) is 99.2 Å². The van der Waals surface area contributed by atoms with Crippen LogP contribution < -0.4 is 0 Å². The van der Waals surface area contributed by atoms with E-state index in [0.29, 0.717) is 18.8 Å². The molecule has 0 aromatic heterocycles. The second-order valence-electron chi connectivity index (χ2n) is 6.30. The highest BCUT2D eigenvalue weighted by Crippen LogP contribution is 2.26. The van der Waals surface area contributed by atoms with Gasteiger partial charge in [0.25, 0.3) is 0 Å². The van der Waals surface area contributed by atoms with Gasteiger partial charge in [-0.25, -0.2) is 18.0 Å². The van der Waals surface area contributed by atoms with E-state index in [2.05, 4.69) is 0 Å². The smallest absolute Gasteiger partial charge is 0.338 e. The first-order chi connectivity index (χ1) is 14.4. The molecule has 0 bridgehead atoms. The monoisotopic (exact) mass is 453 g/mol. The van der Waals surface area contributed by atoms with E-state index in [1.54, 1.807) is 30.3 Å². The Hall–Kier alpha value is -2.46. The second kappa shape index (κ2) is 10.0. The molecule has 1 saturated heterocycles. The highest BCUT2D eigenvalue weighted by Gasteiger charge is 2.29. The van der Waals surface area contributed by atoms with E-state index in [0.717, 1.165) is 0 Å². The molecule has 1 aliphatic heterocycles. The van der Waals surface area contributed by atoms with Crippen LogP contribution in [0.4, 0.5) is 0 Å². The predicted molar refractivity (Wildman–Crippen MR) is 108 cm³/mol. The number of rotatable bonds is 7. The van der Waals surface area contributed by atoms with E-state index in [4.69, 9.17) is 25.8 Å². The molecule has 0 unspecified atom stereocenters. The zero-order chi connectivity index (χ0) is 21.6. The lowest BCUT2D eigenvalue weighted by Crippen LogP contribution is -2.40. The molecule has 160 valence electrons. The molecule has 2 aromatic rings. The van der Waals surface area contributed by atoms with Crippen LogP contribution >= 0.6 is 11.6 Å². The lowest BCUT2D eigenvalue weighted by molar-refractivity contribution is 0.0265. The molecular weight excluding hydrogens is 434 g/mol. The number of sulfonamides is 1. The van der Waals surface area contributed by atoms with Gasteiger partial charge in [-0.2, -0.15) is 4.31 Å². The Kier molecular flexibility index (Phi) is 7.43. The summed E-state index contributed by atoms with van der Waals surface area (Å²) in [6.45, 7) is 0.693. The maximum absolute atomic E-state index is 12.8. The fourth-order valence-electron chi connectivity index (χ4n) is 2.76. The molecule has 1 heterocycles. The van der Waals surface area contributed by atoms with E-state index in [1.807, 2.05) is 0 Å². The molecule has 0 radical (unpaired) electrons. The Balaban J connectivity index is 1.60. The molecule has 8 nitrogen and oxygen atoms in total. The zero-order valence-electron chi connectivity index (χ0n) is 16.0. The highest BCUT2D eigenvalue weighted by atomic mass is 35.5. The normalized spacial score (nSPS) is 14.8. The average Bonchev–Trinajstić information content (AvgIpc) is 2.77. The first kappa shape index (κ1) is 22.2. The molecule has 1 aliphatic rings. The molecular formula is C20H20ClNO7S. The van der Waals surface area contributed by atoms with Crippen molar-refractivity contribution in [1.29, 1.82) is 0 Å². The Morgan fingerprint density at radius 1 is 0.933 bits per heavy atom. The minimum atomic E-state index is -3.87. The van der Waals surface area contributed by atoms with Crippen LogP contribution in [-0.4, -0.2) is 64.2 Å². The lowest BCUT2D eigenvalue weighted by Gasteiger charge is -2.26. The van der Waals surface area contributed by atoms with Gasteiger partial charge in [0.2, 0.25) is 10.0 Å². The third-order valence-corrected chi connectivity index (χ3v) is 6.69. The van der Waals surface area contributed by atoms with Crippen molar-refractivity contribution in [3.05, 3.63) is 64.7 Å². The maximum atomic E-state index is 12.8. The maximum Gasteiger partial charge on any atom is 0.338 e. The Bertz CT molecular complexity index is 1010. The molecule has 0 saturated carbocycles. The van der Waals surface area contributed by atoms with Crippen molar-refractivity contribution >= 4 is 33.6 Å². The summed E-state index contributed by atoms with van der Waals surface area (Å²) in [4.78, 5) is 24.0. The van der Waals surface area contributed by atoms with Crippen LogP contribution in [0.1, 0.15) is 20.7 Å². The molecule has 0 spiro atoms. The summed E-state index contributed by atoms with van der Waals surface area (Å²) in [5, 5.41) is 0.00910. The Morgan fingerprint density at radius 3 is 2.17 bits per heavy atom. The zero-order valence-corrected chi connectivity index (χ0v) is 17.5. The van der Waals surface area contributed by atoms with Crippen molar-refractivity contribution in [2.45, 2.75) is 4.90 Å². The number of ether oxygens (including phenoxy) is 3. The van der Waals surface area contributed by atoms with E-state index in [-0.39, 0.29) is 41.8 Å². The molecule has 2 aromatic carbocycles. The summed E-state index contributed by atoms with van der Waals surface area (Å²) < 4.78 is 42.2. The van der Waals surface area contributed by atoms with Gasteiger partial charge in [0.15, 0.2) is 0 Å². The number of hydrogen-bond donors (Lipinski definition) is 0. The molecule has 3 rings (SSSR count). The first-order valence-electron chi connectivity index (χ1n) is 9.16. The van der Waals surface area contributed by atoms with Gasteiger partial charge in [-0.15, -0.1) is 0 Å². The SMILES string of the molecule is O=C(OCCOC(=O)c1ccc(Cl)c(S(=O)(=O)N2CCOCC2)c1)c1ccccc1. The number of hydrogen-bond acceptors (Lipinski definition) is 7. The third kappa shape index (κ3) is 5.37. The molecule has 0 amide bonds. The summed E-state index contributed by atoms with van der Waals surface area (Å²) in [5.74, 6) is -1.28. The average molecular weight is 454 g/mol. The van der Waals surface area contributed by atoms with Crippen LogP contribution in [0, 0.1) is 0 Å². The number of morpholine rings is 1. The summed E-state index contributed by atoms with van der Waals surface area (Å²) in [6, 6.07) is 12.3. The van der Waals surface area contributed by atoms with Gasteiger partial charge in [-0.1, -0.05) is 29.8 Å². The third-order valence-electron chi connectivity index (χ3n) is 4.31. The lowest BCUT2D eigenvalue weighted by atomic mass is 10.2. The summed E-state index contributed by atoms with van der Waals surface area (Å²) in [7, 11) is -3.87. The molecule has 10 heteroatoms. The number of halogens is 1. The largest absolute Gasteiger partial charge is 0.458 e. The van der Waals surface area contributed by atoms with Crippen molar-refractivity contribution < 1.29 is 32.2 Å². The van der Waals surface area contributed by atoms with Crippen LogP contribution in [0.2, 0.25) is 5.02 Å². The molecule has 0 aliphatic carbocycles. The van der Waals surface area contributed by atoms with Gasteiger partial charge >= 0.3 is 11.9 Å². The van der Waals surface area contributed by atoms with Gasteiger partial charge in [0, 0.05) is 13.1 Å². The summed E-state index contributed by atoms with van der Waals surface area (Å²) >= 11 is 6.08. The van der Waals surface area contributed by atoms with E-state index < -0.39 is 22.0 Å². The minimum absolute atomic E-state index is 0.00910. The molecule has 1 fully saturated rings. The van der Waals surface area contributed by atoms with Gasteiger partial charge in [-0.3, -0.25) is 0 Å². The fraction of sp³-hybridized carbons (Fsp3) is 0.300. The number of esters is 2. The quantitative estimate of drug-likeness (QED) is 0.468. The van der Waals surface area contributed by atoms with Crippen molar-refractivity contribution in [3.8, 4) is 0 Å². The highest BCUT2D eigenvalue weighted by molar-refractivity contribution is 7.89. The predicted octanol–water partition coefficient (Wildman–Crippen LogP) is 2.37. The second-order valence-corrected chi connectivity index (χ2v) is 8.61. The van der Waals surface area contributed by atoms with Gasteiger partial charge in [0.1, 0.15) is 18.1 Å². The Labute approximate surface area is 179 Å². The van der Waals surface area contributed by atoms with Crippen LogP contribution in [0.25, 0.3) is 0 Å². The van der Waals surface area contributed by atoms with Crippen molar-refractivity contribution in [1.82, 2.24) is 4.31 Å². The number of carbonyl (C=O) groups is 2. The fourth-order valence-corrected chi connectivity index (χ4v) is 4.67. The minimum Gasteiger partial charge on any atom is -0.458 e. The van der Waals surface area contributed by atoms with Crippen molar-refractivity contribution in [2.75, 3.05) is 39.5 Å². The van der Waals surface area contributed by atoms with Gasteiger partial charge in [-0.05, 0) is 30.3 Å². The number of carbonyl (C=O) groups excluding carboxylic acids is 2. The molecule has 0 atom stereocenters. The summed E-state index contributed by atoms with van der Waals surface area (Å²) in [5.41, 5.74) is 0.417. The Morgan fingerprint density at radius 2 is 1.53 bits per heavy atom. The van der Waals surface area contributed by atoms with Crippen LogP contribution in [0.15, 0.2) is 53.4 Å².